The molecule has 2 nitrogen and oxygen atoms in total. The molecule has 0 radical (unpaired) electrons. The van der Waals surface area contributed by atoms with E-state index in [0.717, 1.165) is 15.6 Å². The van der Waals surface area contributed by atoms with E-state index in [1.54, 1.807) is 0 Å². The Labute approximate surface area is 126 Å². The standard InChI is InChI=1S/C15H15BrClNO/c16-13-3-1-2-11(8-13)10-19-15(9-18)12-4-6-14(17)7-5-12/h1-8,15H,9-10,18H2. The second-order valence-corrected chi connectivity index (χ2v) is 5.57. The van der Waals surface area contributed by atoms with Crippen LogP contribution >= 0.6 is 27.5 Å². The molecule has 0 aliphatic carbocycles. The summed E-state index contributed by atoms with van der Waals surface area (Å²) in [6.45, 7) is 0.972. The van der Waals surface area contributed by atoms with Gasteiger partial charge in [0.1, 0.15) is 0 Å². The Hall–Kier alpha value is -0.870. The van der Waals surface area contributed by atoms with E-state index in [2.05, 4.69) is 15.9 Å². The first-order valence-electron chi connectivity index (χ1n) is 6.00. The summed E-state index contributed by atoms with van der Waals surface area (Å²) in [7, 11) is 0. The van der Waals surface area contributed by atoms with Gasteiger partial charge in [-0.05, 0) is 35.4 Å². The molecule has 19 heavy (non-hydrogen) atoms. The average molecular weight is 341 g/mol. The van der Waals surface area contributed by atoms with Gasteiger partial charge in [-0.2, -0.15) is 0 Å². The van der Waals surface area contributed by atoms with E-state index in [1.807, 2.05) is 48.5 Å². The average Bonchev–Trinajstić information content (AvgIpc) is 2.41. The lowest BCUT2D eigenvalue weighted by Gasteiger charge is -2.16. The molecule has 0 saturated heterocycles. The molecule has 100 valence electrons. The van der Waals surface area contributed by atoms with E-state index in [-0.39, 0.29) is 6.10 Å². The number of rotatable bonds is 5. The maximum atomic E-state index is 5.87. The minimum Gasteiger partial charge on any atom is -0.368 e. The molecular weight excluding hydrogens is 326 g/mol. The van der Waals surface area contributed by atoms with Crippen LogP contribution in [0.25, 0.3) is 0 Å². The lowest BCUT2D eigenvalue weighted by Crippen LogP contribution is -2.15. The molecule has 0 bridgehead atoms. The van der Waals surface area contributed by atoms with Gasteiger partial charge in [0.2, 0.25) is 0 Å². The third kappa shape index (κ3) is 4.32. The van der Waals surface area contributed by atoms with Gasteiger partial charge >= 0.3 is 0 Å². The summed E-state index contributed by atoms with van der Waals surface area (Å²) in [6.07, 6.45) is -0.115. The maximum Gasteiger partial charge on any atom is 0.0951 e. The summed E-state index contributed by atoms with van der Waals surface area (Å²) in [4.78, 5) is 0. The summed E-state index contributed by atoms with van der Waals surface area (Å²) in [5, 5.41) is 0.714. The van der Waals surface area contributed by atoms with E-state index in [0.29, 0.717) is 18.2 Å². The first-order valence-corrected chi connectivity index (χ1v) is 7.17. The van der Waals surface area contributed by atoms with Crippen molar-refractivity contribution in [2.45, 2.75) is 12.7 Å². The lowest BCUT2D eigenvalue weighted by molar-refractivity contribution is 0.0456. The maximum absolute atomic E-state index is 5.87. The molecule has 0 heterocycles. The third-order valence-electron chi connectivity index (χ3n) is 2.80. The van der Waals surface area contributed by atoms with Crippen LogP contribution in [0, 0.1) is 0 Å². The fraction of sp³-hybridized carbons (Fsp3) is 0.200. The second kappa shape index (κ2) is 7.06. The first kappa shape index (κ1) is 14.5. The molecule has 1 atom stereocenters. The Balaban J connectivity index is 2.01. The number of nitrogens with two attached hydrogens (primary N) is 1. The van der Waals surface area contributed by atoms with Crippen LogP contribution in [0.15, 0.2) is 53.0 Å². The molecule has 0 aliphatic heterocycles. The number of ether oxygens (including phenoxy) is 1. The number of benzene rings is 2. The molecule has 0 amide bonds. The fourth-order valence-corrected chi connectivity index (χ4v) is 2.37. The molecule has 2 rings (SSSR count). The monoisotopic (exact) mass is 339 g/mol. The van der Waals surface area contributed by atoms with E-state index >= 15 is 0 Å². The molecule has 0 spiro atoms. The van der Waals surface area contributed by atoms with Crippen LogP contribution in [0.4, 0.5) is 0 Å². The van der Waals surface area contributed by atoms with Crippen molar-refractivity contribution in [3.63, 3.8) is 0 Å². The van der Waals surface area contributed by atoms with Crippen LogP contribution in [-0.4, -0.2) is 6.54 Å². The molecule has 1 unspecified atom stereocenters. The minimum atomic E-state index is -0.115. The largest absolute Gasteiger partial charge is 0.368 e. The van der Waals surface area contributed by atoms with Crippen molar-refractivity contribution in [2.24, 2.45) is 5.73 Å². The smallest absolute Gasteiger partial charge is 0.0951 e. The highest BCUT2D eigenvalue weighted by Crippen LogP contribution is 2.21. The summed E-state index contributed by atoms with van der Waals surface area (Å²) in [6, 6.07) is 15.6. The normalized spacial score (nSPS) is 12.4. The van der Waals surface area contributed by atoms with E-state index in [1.165, 1.54) is 0 Å². The number of hydrogen-bond donors (Lipinski definition) is 1. The van der Waals surface area contributed by atoms with Crippen LogP contribution in [0.2, 0.25) is 5.02 Å². The van der Waals surface area contributed by atoms with Gasteiger partial charge in [0, 0.05) is 16.0 Å². The van der Waals surface area contributed by atoms with Gasteiger partial charge in [-0.25, -0.2) is 0 Å². The Bertz CT molecular complexity index is 530. The van der Waals surface area contributed by atoms with Gasteiger partial charge in [0.15, 0.2) is 0 Å². The van der Waals surface area contributed by atoms with E-state index in [9.17, 15) is 0 Å². The molecule has 0 fully saturated rings. The van der Waals surface area contributed by atoms with Gasteiger partial charge in [0.05, 0.1) is 12.7 Å². The van der Waals surface area contributed by atoms with Gasteiger partial charge in [-0.15, -0.1) is 0 Å². The zero-order valence-corrected chi connectivity index (χ0v) is 12.7. The highest BCUT2D eigenvalue weighted by molar-refractivity contribution is 9.10. The fourth-order valence-electron chi connectivity index (χ4n) is 1.80. The predicted octanol–water partition coefficient (Wildman–Crippen LogP) is 4.32. The van der Waals surface area contributed by atoms with Crippen molar-refractivity contribution in [1.82, 2.24) is 0 Å². The minimum absolute atomic E-state index is 0.115. The quantitative estimate of drug-likeness (QED) is 0.880. The van der Waals surface area contributed by atoms with Crippen LogP contribution in [-0.2, 0) is 11.3 Å². The lowest BCUT2D eigenvalue weighted by atomic mass is 10.1. The van der Waals surface area contributed by atoms with E-state index < -0.39 is 0 Å². The van der Waals surface area contributed by atoms with Gasteiger partial charge in [-0.1, -0.05) is 51.8 Å². The molecule has 2 aromatic rings. The summed E-state index contributed by atoms with van der Waals surface area (Å²) >= 11 is 9.32. The van der Waals surface area contributed by atoms with Crippen LogP contribution in [0.5, 0.6) is 0 Å². The van der Waals surface area contributed by atoms with Crippen LogP contribution in [0.1, 0.15) is 17.2 Å². The summed E-state index contributed by atoms with van der Waals surface area (Å²) < 4.78 is 6.92. The SMILES string of the molecule is NCC(OCc1cccc(Br)c1)c1ccc(Cl)cc1. The molecule has 0 saturated carbocycles. The van der Waals surface area contributed by atoms with Crippen LogP contribution < -0.4 is 5.73 Å². The molecule has 2 aromatic carbocycles. The van der Waals surface area contributed by atoms with Crippen molar-refractivity contribution in [3.8, 4) is 0 Å². The highest BCUT2D eigenvalue weighted by Gasteiger charge is 2.10. The first-order chi connectivity index (χ1) is 9.19. The van der Waals surface area contributed by atoms with Gasteiger partial charge in [0.25, 0.3) is 0 Å². The highest BCUT2D eigenvalue weighted by atomic mass is 79.9. The molecule has 2 N–H and O–H groups in total. The van der Waals surface area contributed by atoms with Gasteiger partial charge < -0.3 is 10.5 Å². The molecule has 4 heteroatoms. The topological polar surface area (TPSA) is 35.2 Å². The third-order valence-corrected chi connectivity index (χ3v) is 3.54. The summed E-state index contributed by atoms with van der Waals surface area (Å²) in [5.41, 5.74) is 7.93. The Morgan fingerprint density at radius 2 is 1.89 bits per heavy atom. The van der Waals surface area contributed by atoms with Crippen molar-refractivity contribution in [2.75, 3.05) is 6.54 Å². The van der Waals surface area contributed by atoms with Gasteiger partial charge in [-0.3, -0.25) is 0 Å². The number of halogens is 2. The zero-order valence-electron chi connectivity index (χ0n) is 10.4. The van der Waals surface area contributed by atoms with Crippen molar-refractivity contribution in [1.29, 1.82) is 0 Å². The molecule has 0 aliphatic rings. The van der Waals surface area contributed by atoms with Crippen molar-refractivity contribution >= 4 is 27.5 Å². The van der Waals surface area contributed by atoms with Crippen molar-refractivity contribution in [3.05, 3.63) is 69.2 Å². The molecule has 0 aromatic heterocycles. The van der Waals surface area contributed by atoms with Crippen molar-refractivity contribution < 1.29 is 4.74 Å². The Morgan fingerprint density at radius 3 is 2.53 bits per heavy atom. The number of hydrogen-bond acceptors (Lipinski definition) is 2. The summed E-state index contributed by atoms with van der Waals surface area (Å²) in [5.74, 6) is 0. The van der Waals surface area contributed by atoms with Crippen LogP contribution in [0.3, 0.4) is 0 Å². The second-order valence-electron chi connectivity index (χ2n) is 4.22. The van der Waals surface area contributed by atoms with E-state index in [4.69, 9.17) is 22.1 Å². The zero-order chi connectivity index (χ0) is 13.7. The Kier molecular flexibility index (Phi) is 5.40. The Morgan fingerprint density at radius 1 is 1.16 bits per heavy atom. The molecular formula is C15H15BrClNO. The predicted molar refractivity (Wildman–Crippen MR) is 82.2 cm³/mol.